The first kappa shape index (κ1) is 68.9. The second-order valence-electron chi connectivity index (χ2n) is 24.1. The van der Waals surface area contributed by atoms with Crippen molar-refractivity contribution in [2.75, 3.05) is 19.8 Å². The highest BCUT2D eigenvalue weighted by atomic mass is 19.1. The van der Waals surface area contributed by atoms with E-state index < -0.39 is 36.6 Å². The van der Waals surface area contributed by atoms with E-state index in [9.17, 15) is 9.18 Å². The van der Waals surface area contributed by atoms with Crippen LogP contribution in [0.1, 0.15) is 182 Å². The average molecular weight is 1190 g/mol. The van der Waals surface area contributed by atoms with Crippen molar-refractivity contribution in [1.29, 1.82) is 0 Å². The number of aryl methyl sites for hydroxylation is 1. The third kappa shape index (κ3) is 27.0. The van der Waals surface area contributed by atoms with Crippen molar-refractivity contribution in [2.24, 2.45) is 5.92 Å². The zero-order valence-corrected chi connectivity index (χ0v) is 52.7. The van der Waals surface area contributed by atoms with E-state index in [0.717, 1.165) is 97.6 Å². The van der Waals surface area contributed by atoms with Gasteiger partial charge in [0.05, 0.1) is 70.6 Å². The molecular weight excluding hydrogens is 1090 g/mol. The van der Waals surface area contributed by atoms with Crippen LogP contribution in [0.25, 0.3) is 0 Å². The van der Waals surface area contributed by atoms with Gasteiger partial charge in [0.25, 0.3) is 0 Å². The zero-order chi connectivity index (χ0) is 60.6. The highest BCUT2D eigenvalue weighted by Crippen LogP contribution is 2.36. The maximum absolute atomic E-state index is 14.7. The molecule has 0 aromatic heterocycles. The Balaban J connectivity index is 1.18. The molecule has 0 unspecified atom stereocenters. The van der Waals surface area contributed by atoms with Gasteiger partial charge in [-0.25, -0.2) is 4.39 Å². The van der Waals surface area contributed by atoms with Crippen LogP contribution in [-0.4, -0.2) is 68.4 Å². The van der Waals surface area contributed by atoms with Gasteiger partial charge in [0.15, 0.2) is 0 Å². The van der Waals surface area contributed by atoms with E-state index in [-0.39, 0.29) is 30.4 Å². The summed E-state index contributed by atoms with van der Waals surface area (Å²) in [5.41, 5.74) is 6.42. The lowest BCUT2D eigenvalue weighted by Gasteiger charge is -2.46. The van der Waals surface area contributed by atoms with E-state index in [4.69, 9.17) is 33.2 Å². The molecule has 7 rings (SSSR count). The van der Waals surface area contributed by atoms with Crippen LogP contribution in [0.4, 0.5) is 4.39 Å². The molecular formula is C77H104FNO8. The van der Waals surface area contributed by atoms with Crippen LogP contribution in [0.5, 0.6) is 0 Å². The Morgan fingerprint density at radius 2 is 0.908 bits per heavy atom. The normalized spacial score (nSPS) is 17.9. The quantitative estimate of drug-likeness (QED) is 0.0378. The number of halogens is 1. The minimum atomic E-state index is -0.602. The molecule has 1 N–H and O–H groups in total. The van der Waals surface area contributed by atoms with E-state index in [1.165, 1.54) is 76.3 Å². The lowest BCUT2D eigenvalue weighted by Crippen LogP contribution is -2.59. The second-order valence-corrected chi connectivity index (χ2v) is 24.1. The molecule has 1 aliphatic rings. The molecule has 9 nitrogen and oxygen atoms in total. The molecule has 0 saturated heterocycles. The summed E-state index contributed by atoms with van der Waals surface area (Å²) < 4.78 is 63.3. The molecule has 0 heterocycles. The molecule has 472 valence electrons. The molecule has 1 amide bonds. The highest BCUT2D eigenvalue weighted by molar-refractivity contribution is 5.76. The Labute approximate surface area is 522 Å². The van der Waals surface area contributed by atoms with Crippen LogP contribution in [-0.2, 0) is 77.4 Å². The number of hydrogen-bond acceptors (Lipinski definition) is 8. The van der Waals surface area contributed by atoms with Gasteiger partial charge >= 0.3 is 0 Å². The second kappa shape index (κ2) is 42.4. The Morgan fingerprint density at radius 3 is 1.43 bits per heavy atom. The number of hydrogen-bond donors (Lipinski definition) is 1. The maximum Gasteiger partial charge on any atom is 0.220 e. The largest absolute Gasteiger partial charge is 0.381 e. The number of amides is 1. The SMILES string of the molecule is CCCCCCCCCCCCCC[C@@H](OCc1ccccc1)[C@@H](OCc1ccccc1)[C@H](CO[C@H]1C[C@H](COCCC)[C@H](OCc2ccccc2)[C@H](OCc2ccccc2)[C@H]1OCc1ccccc1)NC(=O)CCCCCCCc1ccc(F)cc1. The molecule has 1 saturated carbocycles. The summed E-state index contributed by atoms with van der Waals surface area (Å²) >= 11 is 0. The molecule has 10 heteroatoms. The van der Waals surface area contributed by atoms with Gasteiger partial charge < -0.3 is 38.5 Å². The fourth-order valence-corrected chi connectivity index (χ4v) is 11.9. The van der Waals surface area contributed by atoms with Crippen molar-refractivity contribution >= 4 is 5.91 Å². The highest BCUT2D eigenvalue weighted by Gasteiger charge is 2.48. The molecule has 87 heavy (non-hydrogen) atoms. The first-order valence-corrected chi connectivity index (χ1v) is 33.5. The van der Waals surface area contributed by atoms with Crippen LogP contribution in [0, 0.1) is 11.7 Å². The van der Waals surface area contributed by atoms with E-state index in [0.29, 0.717) is 59.1 Å². The zero-order valence-electron chi connectivity index (χ0n) is 52.7. The van der Waals surface area contributed by atoms with Gasteiger partial charge in [-0.1, -0.05) is 274 Å². The number of carbonyl (C=O) groups is 1. The van der Waals surface area contributed by atoms with Crippen molar-refractivity contribution in [2.45, 2.75) is 231 Å². The van der Waals surface area contributed by atoms with Crippen molar-refractivity contribution in [3.05, 3.63) is 215 Å². The predicted molar refractivity (Wildman–Crippen MR) is 349 cm³/mol. The van der Waals surface area contributed by atoms with Crippen LogP contribution >= 0.6 is 0 Å². The summed E-state index contributed by atoms with van der Waals surface area (Å²) in [6.07, 6.45) is 20.3. The summed E-state index contributed by atoms with van der Waals surface area (Å²) in [5.74, 6) is -0.372. The fourth-order valence-electron chi connectivity index (χ4n) is 11.9. The van der Waals surface area contributed by atoms with Gasteiger partial charge in [-0.15, -0.1) is 0 Å². The van der Waals surface area contributed by atoms with Gasteiger partial charge in [-0.05, 0) is 84.0 Å². The van der Waals surface area contributed by atoms with E-state index in [1.807, 2.05) is 91.0 Å². The van der Waals surface area contributed by atoms with Gasteiger partial charge in [0, 0.05) is 18.9 Å². The van der Waals surface area contributed by atoms with Crippen LogP contribution < -0.4 is 5.32 Å². The molecule has 1 aliphatic carbocycles. The van der Waals surface area contributed by atoms with Gasteiger partial charge in [-0.2, -0.15) is 0 Å². The lowest BCUT2D eigenvalue weighted by molar-refractivity contribution is -0.235. The summed E-state index contributed by atoms with van der Waals surface area (Å²) in [6, 6.07) is 57.7. The Bertz CT molecular complexity index is 2630. The van der Waals surface area contributed by atoms with Crippen molar-refractivity contribution in [1.82, 2.24) is 5.32 Å². The molecule has 6 aromatic carbocycles. The van der Waals surface area contributed by atoms with Gasteiger partial charge in [-0.3, -0.25) is 4.79 Å². The third-order valence-corrected chi connectivity index (χ3v) is 16.9. The standard InChI is InChI=1S/C77H104FNO8/c1-3-5-6-7-8-9-10-11-12-13-16-34-47-71(82-55-63-37-24-18-25-38-63)75(85-57-65-41-28-20-29-42-65)70(79-73(80)48-35-17-14-15-23-36-62-49-51-69(78)52-50-62)61-83-72-54-68(60-81-53-4-2)74(84-56-64-39-26-19-27-40-64)77(87-59-67-45-32-22-33-46-67)76(72)86-58-66-43-30-21-31-44-66/h18-22,24-33,37-46,49-52,68,70-72,74-77H,3-17,23,34-36,47-48,53-61H2,1-2H3,(H,79,80)/t68-,70+,71-,72+,74+,75+,76+,77+/m1/s1. The van der Waals surface area contributed by atoms with Crippen molar-refractivity contribution in [3.8, 4) is 0 Å². The number of benzene rings is 6. The molecule has 0 aliphatic heterocycles. The van der Waals surface area contributed by atoms with Crippen LogP contribution in [0.3, 0.4) is 0 Å². The molecule has 6 aromatic rings. The van der Waals surface area contributed by atoms with E-state index in [2.05, 4.69) is 92.0 Å². The van der Waals surface area contributed by atoms with Crippen LogP contribution in [0.2, 0.25) is 0 Å². The molecule has 0 spiro atoms. The number of unbranched alkanes of at least 4 members (excludes halogenated alkanes) is 15. The summed E-state index contributed by atoms with van der Waals surface area (Å²) in [6.45, 7) is 7.43. The Hall–Kier alpha value is -5.56. The summed E-state index contributed by atoms with van der Waals surface area (Å²) in [7, 11) is 0. The third-order valence-electron chi connectivity index (χ3n) is 16.9. The average Bonchev–Trinajstić information content (AvgIpc) is 3.06. The fraction of sp³-hybridized carbons (Fsp3) is 0.519. The van der Waals surface area contributed by atoms with E-state index >= 15 is 0 Å². The monoisotopic (exact) mass is 1190 g/mol. The molecule has 1 fully saturated rings. The molecule has 0 bridgehead atoms. The van der Waals surface area contributed by atoms with E-state index in [1.54, 1.807) is 0 Å². The van der Waals surface area contributed by atoms with Crippen LogP contribution in [0.15, 0.2) is 176 Å². The smallest absolute Gasteiger partial charge is 0.220 e. The maximum atomic E-state index is 14.7. The van der Waals surface area contributed by atoms with Gasteiger partial charge in [0.2, 0.25) is 5.91 Å². The minimum absolute atomic E-state index is 0.0415. The number of rotatable bonds is 46. The number of ether oxygens (including phenoxy) is 7. The predicted octanol–water partition coefficient (Wildman–Crippen LogP) is 18.0. The summed E-state index contributed by atoms with van der Waals surface area (Å²) in [5, 5.41) is 3.56. The number of nitrogens with one attached hydrogen (secondary N) is 1. The first-order valence-electron chi connectivity index (χ1n) is 33.5. The topological polar surface area (TPSA) is 93.7 Å². The van der Waals surface area contributed by atoms with Gasteiger partial charge in [0.1, 0.15) is 24.1 Å². The molecule has 0 radical (unpaired) electrons. The Kier molecular flexibility index (Phi) is 33.6. The van der Waals surface area contributed by atoms with Crippen molar-refractivity contribution < 1.29 is 42.3 Å². The Morgan fingerprint density at radius 1 is 0.460 bits per heavy atom. The molecule has 8 atom stereocenters. The van der Waals surface area contributed by atoms with Crippen molar-refractivity contribution in [3.63, 3.8) is 0 Å². The number of carbonyl (C=O) groups excluding carboxylic acids is 1. The summed E-state index contributed by atoms with van der Waals surface area (Å²) in [4.78, 5) is 14.7. The minimum Gasteiger partial charge on any atom is -0.381 e. The lowest BCUT2D eigenvalue weighted by atomic mass is 9.80. The first-order chi connectivity index (χ1) is 42.9.